The number of amides is 2. The van der Waals surface area contributed by atoms with Crippen molar-refractivity contribution in [1.29, 1.82) is 0 Å². The van der Waals surface area contributed by atoms with E-state index in [0.29, 0.717) is 24.6 Å². The Balaban J connectivity index is 0.00000544. The maximum atomic E-state index is 12.9. The third-order valence-corrected chi connectivity index (χ3v) is 5.10. The van der Waals surface area contributed by atoms with E-state index in [2.05, 4.69) is 20.9 Å². The fraction of sp³-hybridized carbons (Fsp3) is 0.609. The number of ether oxygens (including phenoxy) is 2. The van der Waals surface area contributed by atoms with E-state index in [1.165, 1.54) is 0 Å². The van der Waals surface area contributed by atoms with Crippen LogP contribution in [0.2, 0.25) is 0 Å². The van der Waals surface area contributed by atoms with Gasteiger partial charge in [0.25, 0.3) is 5.91 Å². The van der Waals surface area contributed by atoms with Crippen LogP contribution < -0.4 is 16.0 Å². The summed E-state index contributed by atoms with van der Waals surface area (Å²) < 4.78 is 11.7. The molecule has 9 nitrogen and oxygen atoms in total. The summed E-state index contributed by atoms with van der Waals surface area (Å²) >= 11 is 0. The lowest BCUT2D eigenvalue weighted by molar-refractivity contribution is -0.0755. The van der Waals surface area contributed by atoms with Crippen molar-refractivity contribution in [2.75, 3.05) is 20.6 Å². The average Bonchev–Trinajstić information content (AvgIpc) is 2.94. The first-order valence-electron chi connectivity index (χ1n) is 10.8. The highest BCUT2D eigenvalue weighted by Crippen LogP contribution is 2.33. The van der Waals surface area contributed by atoms with Crippen molar-refractivity contribution in [2.24, 2.45) is 4.99 Å². The summed E-state index contributed by atoms with van der Waals surface area (Å²) in [5, 5.41) is 9.14. The standard InChI is InChI=1S/C23H37N5O4.HI/c1-15-18(28(23(5,6)31-15)21(30)32-22(2,3)4)14-27-20(25-8)26-13-16-10-9-11-17(12-16)19(29)24-7;/h9-12,15,18H,13-14H2,1-8H3,(H,24,29)(H2,25,26,27);1H. The number of carbonyl (C=O) groups excluding carboxylic acids is 2. The summed E-state index contributed by atoms with van der Waals surface area (Å²) in [5.41, 5.74) is 0.161. The summed E-state index contributed by atoms with van der Waals surface area (Å²) in [6.07, 6.45) is -0.597. The SMILES string of the molecule is CN=C(NCc1cccc(C(=O)NC)c1)NCC1C(C)OC(C)(C)N1C(=O)OC(C)(C)C.I. The molecule has 0 radical (unpaired) electrons. The Morgan fingerprint density at radius 1 is 1.24 bits per heavy atom. The van der Waals surface area contributed by atoms with Crippen molar-refractivity contribution >= 4 is 41.9 Å². The first-order valence-corrected chi connectivity index (χ1v) is 10.8. The van der Waals surface area contributed by atoms with Gasteiger partial charge in [-0.3, -0.25) is 14.7 Å². The van der Waals surface area contributed by atoms with E-state index >= 15 is 0 Å². The number of benzene rings is 1. The average molecular weight is 575 g/mol. The Hall–Kier alpha value is -2.08. The summed E-state index contributed by atoms with van der Waals surface area (Å²) in [7, 11) is 3.29. The zero-order chi connectivity index (χ0) is 24.1. The number of halogens is 1. The minimum absolute atomic E-state index is 0. The summed E-state index contributed by atoms with van der Waals surface area (Å²) in [4.78, 5) is 30.6. The number of aliphatic imine (C=N–C) groups is 1. The largest absolute Gasteiger partial charge is 0.444 e. The molecule has 1 aliphatic rings. The van der Waals surface area contributed by atoms with Gasteiger partial charge in [-0.05, 0) is 59.2 Å². The van der Waals surface area contributed by atoms with Gasteiger partial charge in [-0.25, -0.2) is 4.79 Å². The summed E-state index contributed by atoms with van der Waals surface area (Å²) in [6, 6.07) is 7.14. The molecule has 3 N–H and O–H groups in total. The number of hydrogen-bond acceptors (Lipinski definition) is 5. The van der Waals surface area contributed by atoms with Gasteiger partial charge in [0.2, 0.25) is 0 Å². The Bertz CT molecular complexity index is 853. The molecule has 0 bridgehead atoms. The van der Waals surface area contributed by atoms with E-state index in [4.69, 9.17) is 9.47 Å². The molecule has 0 aromatic heterocycles. The molecule has 0 aliphatic carbocycles. The van der Waals surface area contributed by atoms with Crippen LogP contribution in [0.3, 0.4) is 0 Å². The minimum Gasteiger partial charge on any atom is -0.444 e. The number of rotatable bonds is 5. The smallest absolute Gasteiger partial charge is 0.412 e. The van der Waals surface area contributed by atoms with Gasteiger partial charge in [-0.15, -0.1) is 24.0 Å². The van der Waals surface area contributed by atoms with Gasteiger partial charge in [-0.2, -0.15) is 0 Å². The molecule has 10 heteroatoms. The molecule has 0 spiro atoms. The van der Waals surface area contributed by atoms with E-state index < -0.39 is 17.4 Å². The van der Waals surface area contributed by atoms with Gasteiger partial charge in [-0.1, -0.05) is 12.1 Å². The van der Waals surface area contributed by atoms with Gasteiger partial charge in [0.05, 0.1) is 12.1 Å². The Morgan fingerprint density at radius 3 is 2.48 bits per heavy atom. The van der Waals surface area contributed by atoms with Crippen LogP contribution in [0.4, 0.5) is 4.79 Å². The highest BCUT2D eigenvalue weighted by molar-refractivity contribution is 14.0. The van der Waals surface area contributed by atoms with Crippen LogP contribution in [0.5, 0.6) is 0 Å². The topological polar surface area (TPSA) is 104 Å². The number of nitrogens with one attached hydrogen (secondary N) is 3. The van der Waals surface area contributed by atoms with Gasteiger partial charge >= 0.3 is 6.09 Å². The van der Waals surface area contributed by atoms with Gasteiger partial charge in [0, 0.05) is 32.7 Å². The number of nitrogens with zero attached hydrogens (tertiary/aromatic N) is 2. The normalized spacial score (nSPS) is 20.0. The van der Waals surface area contributed by atoms with Crippen molar-refractivity contribution in [2.45, 2.75) is 71.6 Å². The number of guanidine groups is 1. The third-order valence-electron chi connectivity index (χ3n) is 5.10. The van der Waals surface area contributed by atoms with Crippen LogP contribution >= 0.6 is 24.0 Å². The predicted octanol–water partition coefficient (Wildman–Crippen LogP) is 3.09. The van der Waals surface area contributed by atoms with Crippen LogP contribution in [0, 0.1) is 0 Å². The van der Waals surface area contributed by atoms with Gasteiger partial charge in [0.15, 0.2) is 5.96 Å². The van der Waals surface area contributed by atoms with Crippen molar-refractivity contribution in [3.05, 3.63) is 35.4 Å². The Morgan fingerprint density at radius 2 is 1.91 bits per heavy atom. The first kappa shape index (κ1) is 29.0. The molecule has 1 aromatic rings. The zero-order valence-electron chi connectivity index (χ0n) is 20.8. The maximum absolute atomic E-state index is 12.9. The van der Waals surface area contributed by atoms with Crippen LogP contribution in [0.15, 0.2) is 29.3 Å². The van der Waals surface area contributed by atoms with E-state index in [0.717, 1.165) is 5.56 Å². The lowest BCUT2D eigenvalue weighted by atomic mass is 10.1. The van der Waals surface area contributed by atoms with Crippen LogP contribution in [-0.4, -0.2) is 67.0 Å². The van der Waals surface area contributed by atoms with Crippen molar-refractivity contribution < 1.29 is 19.1 Å². The zero-order valence-corrected chi connectivity index (χ0v) is 23.1. The fourth-order valence-electron chi connectivity index (χ4n) is 3.70. The molecule has 186 valence electrons. The third kappa shape index (κ3) is 8.02. The molecule has 2 rings (SSSR count). The van der Waals surface area contributed by atoms with Gasteiger partial charge < -0.3 is 25.4 Å². The second kappa shape index (κ2) is 11.9. The fourth-order valence-corrected chi connectivity index (χ4v) is 3.70. The molecule has 1 aliphatic heterocycles. The van der Waals surface area contributed by atoms with Gasteiger partial charge in [0.1, 0.15) is 11.3 Å². The van der Waals surface area contributed by atoms with Crippen LogP contribution in [0.1, 0.15) is 57.5 Å². The number of hydrogen-bond donors (Lipinski definition) is 3. The molecular weight excluding hydrogens is 537 g/mol. The molecule has 33 heavy (non-hydrogen) atoms. The van der Waals surface area contributed by atoms with E-state index in [1.54, 1.807) is 25.1 Å². The van der Waals surface area contributed by atoms with E-state index in [9.17, 15) is 9.59 Å². The minimum atomic E-state index is -0.786. The monoisotopic (exact) mass is 575 g/mol. The molecule has 0 saturated carbocycles. The first-order chi connectivity index (χ1) is 14.9. The number of carbonyl (C=O) groups is 2. The molecule has 1 heterocycles. The van der Waals surface area contributed by atoms with Crippen molar-refractivity contribution in [3.8, 4) is 0 Å². The second-order valence-corrected chi connectivity index (χ2v) is 9.27. The lowest BCUT2D eigenvalue weighted by Gasteiger charge is -2.35. The predicted molar refractivity (Wildman–Crippen MR) is 140 cm³/mol. The molecule has 2 amide bonds. The molecule has 2 atom stereocenters. The summed E-state index contributed by atoms with van der Waals surface area (Å²) in [5.74, 6) is 0.450. The lowest BCUT2D eigenvalue weighted by Crippen LogP contribution is -2.54. The van der Waals surface area contributed by atoms with E-state index in [-0.39, 0.29) is 42.0 Å². The van der Waals surface area contributed by atoms with Crippen molar-refractivity contribution in [1.82, 2.24) is 20.9 Å². The Kier molecular flexibility index (Phi) is 10.4. The molecule has 1 saturated heterocycles. The molecular formula is C23H38IN5O4. The van der Waals surface area contributed by atoms with Crippen LogP contribution in [-0.2, 0) is 16.0 Å². The molecule has 1 aromatic carbocycles. The highest BCUT2D eigenvalue weighted by atomic mass is 127. The second-order valence-electron chi connectivity index (χ2n) is 9.27. The quantitative estimate of drug-likeness (QED) is 0.283. The molecule has 2 unspecified atom stereocenters. The van der Waals surface area contributed by atoms with Crippen molar-refractivity contribution in [3.63, 3.8) is 0 Å². The summed E-state index contributed by atoms with van der Waals surface area (Å²) in [6.45, 7) is 12.1. The van der Waals surface area contributed by atoms with Crippen LogP contribution in [0.25, 0.3) is 0 Å². The highest BCUT2D eigenvalue weighted by Gasteiger charge is 2.49. The maximum Gasteiger partial charge on any atom is 0.412 e. The van der Waals surface area contributed by atoms with E-state index in [1.807, 2.05) is 59.7 Å². The Labute approximate surface area is 214 Å². The molecule has 1 fully saturated rings.